The second-order valence-corrected chi connectivity index (χ2v) is 37.0. The van der Waals surface area contributed by atoms with Crippen molar-refractivity contribution in [3.8, 4) is 66.8 Å². The molecule has 1 aliphatic heterocycles. The van der Waals surface area contributed by atoms with Crippen LogP contribution in [0.1, 0.15) is 233 Å². The predicted octanol–water partition coefficient (Wildman–Crippen LogP) is 25.0. The van der Waals surface area contributed by atoms with Crippen LogP contribution < -0.4 is 15.0 Å². The van der Waals surface area contributed by atoms with E-state index < -0.39 is 0 Å². The molecule has 104 heavy (non-hydrogen) atoms. The third kappa shape index (κ3) is 14.7. The summed E-state index contributed by atoms with van der Waals surface area (Å²) in [7, 11) is 0. The fraction of sp³-hybridized carbons (Fsp3) is 0.333. The first kappa shape index (κ1) is 74.5. The molecule has 8 aromatic carbocycles. The number of fused-ring (bicyclic) bond motifs is 9. The van der Waals surface area contributed by atoms with Gasteiger partial charge in [0.15, 0.2) is 0 Å². The molecule has 8 heteroatoms. The van der Waals surface area contributed by atoms with Crippen LogP contribution in [0.2, 0.25) is 0 Å². The van der Waals surface area contributed by atoms with E-state index in [9.17, 15) is 0 Å². The Labute approximate surface area is 630 Å². The van der Waals surface area contributed by atoms with Gasteiger partial charge in [-0.15, -0.1) is 0 Å². The zero-order valence-electron chi connectivity index (χ0n) is 65.9. The molecule has 1 radical (unpaired) electrons. The zero-order valence-corrected chi connectivity index (χ0v) is 66.8. The first-order valence-corrected chi connectivity index (χ1v) is 37.0. The number of hydrogen-bond donors (Lipinski definition) is 0. The SMILES string of the molecule is CC(C)(C)c1ccc(C2=C(c3ccc(C(C)(C)C)cc3)c3nc2nc2[n-]c(nc4[n-]c(c(-c5ccc(C(C)(C)C)cc5)c4-c4ccc(C(C)(C)C)cc4)c4[n-]c(n3)c(-c3ccc(C(C)(C)C)cc3)c4-c3ccc(C(C)(C)C)cc3)c(-c3ccc(C(C)(C)C)cc3)c2-c2ccc(C(C)(C)C)cc2)cc1.[Cu]. The largest absolute Gasteiger partial charge is 0.435 e. The van der Waals surface area contributed by atoms with Crippen LogP contribution in [-0.4, -0.2) is 19.9 Å². The van der Waals surface area contributed by atoms with E-state index in [0.717, 1.165) is 89.0 Å². The van der Waals surface area contributed by atoms with Gasteiger partial charge in [0, 0.05) is 39.4 Å². The van der Waals surface area contributed by atoms with Crippen LogP contribution in [0.3, 0.4) is 0 Å². The second kappa shape index (κ2) is 26.7. The van der Waals surface area contributed by atoms with Gasteiger partial charge in [-0.3, -0.25) is 0 Å². The summed E-state index contributed by atoms with van der Waals surface area (Å²) in [6.45, 7) is 54.4. The molecule has 0 spiro atoms. The summed E-state index contributed by atoms with van der Waals surface area (Å²) in [6.07, 6.45) is 0. The molecule has 0 saturated carbocycles. The maximum absolute atomic E-state index is 6.07. The van der Waals surface area contributed by atoms with Crippen LogP contribution in [0.5, 0.6) is 0 Å². The van der Waals surface area contributed by atoms with Crippen molar-refractivity contribution in [3.63, 3.8) is 0 Å². The fourth-order valence-corrected chi connectivity index (χ4v) is 14.2. The van der Waals surface area contributed by atoms with Gasteiger partial charge in [0.05, 0.1) is 11.6 Å². The average molecular weight is 1420 g/mol. The number of benzene rings is 8. The molecule has 0 fully saturated rings. The van der Waals surface area contributed by atoms with Crippen molar-refractivity contribution in [2.24, 2.45) is 0 Å². The Kier molecular flexibility index (Phi) is 19.2. The first-order chi connectivity index (χ1) is 48.1. The molecule has 537 valence electrons. The molecule has 4 aromatic heterocycles. The Morgan fingerprint density at radius 2 is 0.346 bits per heavy atom. The van der Waals surface area contributed by atoms with Gasteiger partial charge in [-0.05, 0) is 188 Å². The summed E-state index contributed by atoms with van der Waals surface area (Å²) in [5.41, 5.74) is 26.8. The van der Waals surface area contributed by atoms with E-state index in [-0.39, 0.29) is 60.4 Å². The van der Waals surface area contributed by atoms with E-state index in [2.05, 4.69) is 360 Å². The number of hydrogen-bond acceptors (Lipinski definition) is 4. The predicted molar refractivity (Wildman–Crippen MR) is 437 cm³/mol. The van der Waals surface area contributed by atoms with E-state index in [4.69, 9.17) is 34.9 Å². The third-order valence-corrected chi connectivity index (χ3v) is 20.9. The van der Waals surface area contributed by atoms with Gasteiger partial charge in [0.2, 0.25) is 0 Å². The quantitative estimate of drug-likeness (QED) is 0.140. The van der Waals surface area contributed by atoms with Gasteiger partial charge < -0.3 is 29.9 Å². The van der Waals surface area contributed by atoms with Crippen LogP contribution in [0.15, 0.2) is 194 Å². The summed E-state index contributed by atoms with van der Waals surface area (Å²) in [5.74, 6) is 0.963. The van der Waals surface area contributed by atoms with Crippen LogP contribution in [0, 0.1) is 0 Å². The molecule has 13 rings (SSSR count). The summed E-state index contributed by atoms with van der Waals surface area (Å²) in [6, 6.07) is 72.3. The number of aromatic nitrogens is 7. The normalized spacial score (nSPS) is 13.3. The van der Waals surface area contributed by atoms with Crippen LogP contribution in [0.4, 0.5) is 0 Å². The van der Waals surface area contributed by atoms with Crippen molar-refractivity contribution in [2.75, 3.05) is 0 Å². The maximum Gasteiger partial charge on any atom is 0.0927 e. The molecule has 12 aromatic rings. The minimum absolute atomic E-state index is 0. The molecular formula is C96H104CuN7-3. The molecule has 0 unspecified atom stereocenters. The number of rotatable bonds is 8. The Morgan fingerprint density at radius 3 is 0.558 bits per heavy atom. The Balaban J connectivity index is 0.0000102. The smallest absolute Gasteiger partial charge is 0.0927 e. The van der Waals surface area contributed by atoms with Crippen molar-refractivity contribution in [3.05, 3.63) is 261 Å². The number of nitrogens with zero attached hydrogens (tertiary/aromatic N) is 7. The monoisotopic (exact) mass is 1420 g/mol. The minimum atomic E-state index is -0.118. The van der Waals surface area contributed by atoms with Crippen LogP contribution >= 0.6 is 0 Å². The van der Waals surface area contributed by atoms with Crippen molar-refractivity contribution < 1.29 is 17.1 Å². The van der Waals surface area contributed by atoms with Gasteiger partial charge >= 0.3 is 0 Å². The van der Waals surface area contributed by atoms with Crippen molar-refractivity contribution in [1.82, 2.24) is 34.9 Å². The van der Waals surface area contributed by atoms with Gasteiger partial charge in [0.25, 0.3) is 0 Å². The first-order valence-electron chi connectivity index (χ1n) is 37.0. The Hall–Kier alpha value is -9.20. The Bertz CT molecular complexity index is 5330. The molecule has 0 amide bonds. The summed E-state index contributed by atoms with van der Waals surface area (Å²) in [4.78, 5) is 41.9. The molecule has 0 atom stereocenters. The van der Waals surface area contributed by atoms with E-state index in [1.165, 1.54) is 44.5 Å². The molecule has 8 bridgehead atoms. The molecule has 0 aliphatic carbocycles. The summed E-state index contributed by atoms with van der Waals surface area (Å²) in [5, 5.41) is 0. The summed E-state index contributed by atoms with van der Waals surface area (Å²) >= 11 is 0. The van der Waals surface area contributed by atoms with Crippen molar-refractivity contribution in [1.29, 1.82) is 0 Å². The van der Waals surface area contributed by atoms with Crippen LogP contribution in [0.25, 0.3) is 112 Å². The molecule has 0 saturated heterocycles. The van der Waals surface area contributed by atoms with Gasteiger partial charge in [-0.1, -0.05) is 360 Å². The molecule has 5 heterocycles. The van der Waals surface area contributed by atoms with Crippen molar-refractivity contribution >= 4 is 44.8 Å². The van der Waals surface area contributed by atoms with Gasteiger partial charge in [-0.25, -0.2) is 4.98 Å². The summed E-state index contributed by atoms with van der Waals surface area (Å²) < 4.78 is 0. The average Bonchev–Trinajstić information content (AvgIpc) is 1.57. The standard InChI is InChI=1S/C96H104N7.Cu/c1-89(2,3)65-41-25-57(26-42-65)73-75(59-29-45-67(46-30-59)91(7,8)9)83-97-81(73)82-74(58-27-43-66(44-28-58)90(4,5)6)76(60-31-47-68(48-32-60)92(10,11)12)84(98-82)100-86-78(62-35-51-70(52-36-62)94(16,17)18)80(64-39-55-72(56-40-64)96(22,23)24)88(102-86)103-87-79(63-37-53-71(54-38-63)95(19,20)21)77(85(99-83)101-87)61-33-49-69(50-34-61)93(13,14)15;/h25-56H,1-24H3;/q-3;. The third-order valence-electron chi connectivity index (χ3n) is 20.9. The molecule has 1 aliphatic rings. The molecule has 0 N–H and O–H groups in total. The van der Waals surface area contributed by atoms with Gasteiger partial charge in [0.1, 0.15) is 0 Å². The zero-order chi connectivity index (χ0) is 74.1. The van der Waals surface area contributed by atoms with Crippen LogP contribution in [-0.2, 0) is 60.4 Å². The van der Waals surface area contributed by atoms with E-state index >= 15 is 0 Å². The van der Waals surface area contributed by atoms with E-state index in [1.54, 1.807) is 0 Å². The minimum Gasteiger partial charge on any atom is -0.435 e. The van der Waals surface area contributed by atoms with Crippen molar-refractivity contribution in [2.45, 2.75) is 209 Å². The topological polar surface area (TPSA) is 93.9 Å². The van der Waals surface area contributed by atoms with E-state index in [0.29, 0.717) is 45.3 Å². The molecular weight excluding hydrogens is 1310 g/mol. The fourth-order valence-electron chi connectivity index (χ4n) is 14.2. The Morgan fingerprint density at radius 1 is 0.183 bits per heavy atom. The van der Waals surface area contributed by atoms with E-state index in [1.807, 2.05) is 0 Å². The second-order valence-electron chi connectivity index (χ2n) is 37.0. The maximum atomic E-state index is 6.07. The molecule has 7 nitrogen and oxygen atoms in total. The van der Waals surface area contributed by atoms with Gasteiger partial charge in [-0.2, -0.15) is 0 Å².